The zero-order valence-electron chi connectivity index (χ0n) is 22.2. The number of fused-ring (bicyclic) bond motifs is 1. The summed E-state index contributed by atoms with van der Waals surface area (Å²) in [5, 5.41) is 10.4. The third kappa shape index (κ3) is 5.47. The molecule has 1 aliphatic carbocycles. The van der Waals surface area contributed by atoms with Gasteiger partial charge in [-0.1, -0.05) is 12.8 Å². The maximum Gasteiger partial charge on any atom is 0.415 e. The van der Waals surface area contributed by atoms with E-state index in [4.69, 9.17) is 9.15 Å². The van der Waals surface area contributed by atoms with Gasteiger partial charge in [-0.25, -0.2) is 19.3 Å². The summed E-state index contributed by atoms with van der Waals surface area (Å²) >= 11 is 0. The standard InChI is InChI=1S/C26H30N8O5/c1-26(2,3)39-25(37)32(4)20-14-19(30-18-10-7-12-33(23(18)36)24-27-11-13-38-24)31-21-17(15-28-34(20)21)22(35)29-16-8-5-6-9-16/h7,10-16H,5-6,8-9H2,1-4H3,(H,29,35)(H,30,31). The minimum Gasteiger partial charge on any atom is -0.443 e. The number of rotatable bonds is 6. The van der Waals surface area contributed by atoms with Crippen LogP contribution < -0.4 is 21.1 Å². The lowest BCUT2D eigenvalue weighted by Crippen LogP contribution is -2.35. The molecule has 0 aliphatic heterocycles. The molecule has 0 spiro atoms. The van der Waals surface area contributed by atoms with Gasteiger partial charge in [0.05, 0.1) is 12.4 Å². The average molecular weight is 535 g/mol. The summed E-state index contributed by atoms with van der Waals surface area (Å²) in [6.07, 6.45) is 9.10. The van der Waals surface area contributed by atoms with E-state index in [1.165, 1.54) is 45.9 Å². The lowest BCUT2D eigenvalue weighted by atomic mass is 10.2. The summed E-state index contributed by atoms with van der Waals surface area (Å²) in [6, 6.07) is 4.98. The Balaban J connectivity index is 1.56. The van der Waals surface area contributed by atoms with Crippen LogP contribution >= 0.6 is 0 Å². The van der Waals surface area contributed by atoms with E-state index in [2.05, 4.69) is 25.7 Å². The van der Waals surface area contributed by atoms with Crippen LogP contribution in [0.5, 0.6) is 0 Å². The second-order valence-electron chi connectivity index (χ2n) is 10.3. The molecule has 13 nitrogen and oxygen atoms in total. The molecule has 1 saturated carbocycles. The Kier molecular flexibility index (Phi) is 6.81. The minimum atomic E-state index is -0.732. The van der Waals surface area contributed by atoms with Gasteiger partial charge in [0, 0.05) is 25.4 Å². The van der Waals surface area contributed by atoms with Crippen LogP contribution in [0.1, 0.15) is 56.8 Å². The first-order valence-corrected chi connectivity index (χ1v) is 12.7. The summed E-state index contributed by atoms with van der Waals surface area (Å²) in [7, 11) is 1.53. The maximum absolute atomic E-state index is 13.2. The molecule has 0 unspecified atom stereocenters. The largest absolute Gasteiger partial charge is 0.443 e. The molecule has 0 bridgehead atoms. The second kappa shape index (κ2) is 10.2. The zero-order valence-corrected chi connectivity index (χ0v) is 22.2. The number of nitrogens with zero attached hydrogens (tertiary/aromatic N) is 6. The molecule has 4 heterocycles. The molecule has 204 valence electrons. The van der Waals surface area contributed by atoms with Crippen LogP contribution in [-0.2, 0) is 4.74 Å². The van der Waals surface area contributed by atoms with Gasteiger partial charge < -0.3 is 19.8 Å². The number of hydrogen-bond acceptors (Lipinski definition) is 9. The number of aromatic nitrogens is 5. The number of amides is 2. The molecular formula is C26H30N8O5. The average Bonchev–Trinajstić information content (AvgIpc) is 3.65. The van der Waals surface area contributed by atoms with Crippen LogP contribution in [0.3, 0.4) is 0 Å². The molecule has 2 amide bonds. The second-order valence-corrected chi connectivity index (χ2v) is 10.3. The number of oxazole rings is 1. The van der Waals surface area contributed by atoms with E-state index in [-0.39, 0.29) is 46.5 Å². The van der Waals surface area contributed by atoms with Gasteiger partial charge in [0.15, 0.2) is 5.65 Å². The van der Waals surface area contributed by atoms with Crippen molar-refractivity contribution >= 4 is 35.0 Å². The van der Waals surface area contributed by atoms with Crippen LogP contribution in [0.15, 0.2) is 52.3 Å². The van der Waals surface area contributed by atoms with Crippen LogP contribution in [0.4, 0.5) is 22.1 Å². The number of ether oxygens (including phenoxy) is 1. The van der Waals surface area contributed by atoms with Crippen molar-refractivity contribution in [2.75, 3.05) is 17.3 Å². The van der Waals surface area contributed by atoms with Gasteiger partial charge in [-0.2, -0.15) is 9.61 Å². The molecular weight excluding hydrogens is 504 g/mol. The van der Waals surface area contributed by atoms with Crippen molar-refractivity contribution in [1.82, 2.24) is 29.5 Å². The van der Waals surface area contributed by atoms with Gasteiger partial charge in [0.2, 0.25) is 0 Å². The van der Waals surface area contributed by atoms with Gasteiger partial charge in [-0.3, -0.25) is 14.5 Å². The summed E-state index contributed by atoms with van der Waals surface area (Å²) in [5.41, 5.74) is -0.532. The van der Waals surface area contributed by atoms with E-state index < -0.39 is 17.3 Å². The normalized spacial score (nSPS) is 13.9. The Morgan fingerprint density at radius 1 is 1.23 bits per heavy atom. The Morgan fingerprint density at radius 3 is 2.69 bits per heavy atom. The van der Waals surface area contributed by atoms with E-state index in [9.17, 15) is 14.4 Å². The first-order chi connectivity index (χ1) is 18.6. The van der Waals surface area contributed by atoms with Crippen LogP contribution in [0.2, 0.25) is 0 Å². The van der Waals surface area contributed by atoms with E-state index in [1.54, 1.807) is 39.0 Å². The van der Waals surface area contributed by atoms with Gasteiger partial charge in [-0.15, -0.1) is 0 Å². The quantitative estimate of drug-likeness (QED) is 0.378. The molecule has 1 aliphatic rings. The van der Waals surface area contributed by atoms with Crippen LogP contribution in [0, 0.1) is 0 Å². The molecule has 0 atom stereocenters. The molecule has 13 heteroatoms. The Bertz CT molecular complexity index is 1560. The first kappa shape index (κ1) is 25.9. The Hall–Kier alpha value is -4.68. The molecule has 4 aromatic heterocycles. The van der Waals surface area contributed by atoms with Crippen molar-refractivity contribution in [3.05, 3.63) is 59.0 Å². The summed E-state index contributed by atoms with van der Waals surface area (Å²) < 4.78 is 13.4. The van der Waals surface area contributed by atoms with Gasteiger partial charge in [-0.05, 0) is 45.7 Å². The van der Waals surface area contributed by atoms with Crippen molar-refractivity contribution in [2.24, 2.45) is 0 Å². The molecule has 0 saturated heterocycles. The lowest BCUT2D eigenvalue weighted by Gasteiger charge is -2.25. The van der Waals surface area contributed by atoms with Crippen molar-refractivity contribution in [3.8, 4) is 6.01 Å². The summed E-state index contributed by atoms with van der Waals surface area (Å²) in [4.78, 5) is 49.2. The molecule has 0 aromatic carbocycles. The maximum atomic E-state index is 13.2. The van der Waals surface area contributed by atoms with Crippen molar-refractivity contribution in [2.45, 2.75) is 58.1 Å². The number of nitrogens with one attached hydrogen (secondary N) is 2. The van der Waals surface area contributed by atoms with Crippen molar-refractivity contribution < 1.29 is 18.7 Å². The topological polar surface area (TPSA) is 149 Å². The predicted molar refractivity (Wildman–Crippen MR) is 143 cm³/mol. The van der Waals surface area contributed by atoms with Crippen LogP contribution in [0.25, 0.3) is 11.7 Å². The summed E-state index contributed by atoms with van der Waals surface area (Å²) in [6.45, 7) is 5.30. The van der Waals surface area contributed by atoms with E-state index in [0.29, 0.717) is 0 Å². The fraction of sp³-hybridized carbons (Fsp3) is 0.385. The Morgan fingerprint density at radius 2 is 2.00 bits per heavy atom. The zero-order chi connectivity index (χ0) is 27.7. The first-order valence-electron chi connectivity index (χ1n) is 12.7. The lowest BCUT2D eigenvalue weighted by molar-refractivity contribution is 0.0587. The van der Waals surface area contributed by atoms with E-state index in [0.717, 1.165) is 25.7 Å². The van der Waals surface area contributed by atoms with Crippen molar-refractivity contribution in [3.63, 3.8) is 0 Å². The predicted octanol–water partition coefficient (Wildman–Crippen LogP) is 3.66. The Labute approximate surface area is 223 Å². The smallest absolute Gasteiger partial charge is 0.415 e. The third-order valence-corrected chi connectivity index (χ3v) is 6.23. The van der Waals surface area contributed by atoms with E-state index >= 15 is 0 Å². The number of pyridine rings is 1. The third-order valence-electron chi connectivity index (χ3n) is 6.23. The monoisotopic (exact) mass is 534 g/mol. The van der Waals surface area contributed by atoms with Gasteiger partial charge in [0.25, 0.3) is 11.5 Å². The summed E-state index contributed by atoms with van der Waals surface area (Å²) in [5.74, 6) is 0.185. The van der Waals surface area contributed by atoms with E-state index in [1.807, 2.05) is 0 Å². The van der Waals surface area contributed by atoms with Gasteiger partial charge in [0.1, 0.15) is 34.8 Å². The highest BCUT2D eigenvalue weighted by Gasteiger charge is 2.26. The van der Waals surface area contributed by atoms with Crippen LogP contribution in [-0.4, -0.2) is 54.8 Å². The molecule has 2 N–H and O–H groups in total. The molecule has 1 fully saturated rings. The number of anilines is 3. The highest BCUT2D eigenvalue weighted by atomic mass is 16.6. The SMILES string of the molecule is CN(C(=O)OC(C)(C)C)c1cc(Nc2cccn(-c3ncco3)c2=O)nc2c(C(=O)NC3CCCC3)cnn12. The number of carbonyl (C=O) groups is 2. The van der Waals surface area contributed by atoms with Gasteiger partial charge >= 0.3 is 12.1 Å². The number of hydrogen-bond donors (Lipinski definition) is 2. The highest BCUT2D eigenvalue weighted by Crippen LogP contribution is 2.25. The molecule has 39 heavy (non-hydrogen) atoms. The fourth-order valence-electron chi connectivity index (χ4n) is 4.38. The molecule has 0 radical (unpaired) electrons. The number of carbonyl (C=O) groups excluding carboxylic acids is 2. The molecule has 5 rings (SSSR count). The highest BCUT2D eigenvalue weighted by molar-refractivity contribution is 6.00. The van der Waals surface area contributed by atoms with Crippen molar-refractivity contribution in [1.29, 1.82) is 0 Å². The molecule has 4 aromatic rings. The fourth-order valence-corrected chi connectivity index (χ4v) is 4.38. The minimum absolute atomic E-state index is 0.0932.